The molecule has 0 aliphatic carbocycles. The molecule has 0 bridgehead atoms. The number of carbonyl (C=O) groups excluding carboxylic acids is 2. The number of carbonyl (C=O) groups is 2. The predicted octanol–water partition coefficient (Wildman–Crippen LogP) is 5.88. The van der Waals surface area contributed by atoms with Crippen molar-refractivity contribution in [2.45, 2.75) is 57.8 Å². The van der Waals surface area contributed by atoms with E-state index in [1.54, 1.807) is 18.6 Å². The first-order valence-electron chi connectivity index (χ1n) is 17.6. The number of anilines is 1. The van der Waals surface area contributed by atoms with Crippen LogP contribution in [0.3, 0.4) is 0 Å². The van der Waals surface area contributed by atoms with Gasteiger partial charge in [-0.3, -0.25) is 14.0 Å². The minimum absolute atomic E-state index is 0.0553. The van der Waals surface area contributed by atoms with E-state index >= 15 is 0 Å². The molecule has 2 aliphatic rings. The summed E-state index contributed by atoms with van der Waals surface area (Å²) in [5.41, 5.74) is 4.37. The van der Waals surface area contributed by atoms with E-state index in [9.17, 15) is 14.4 Å². The number of hydrogen-bond acceptors (Lipinski definition) is 10. The first-order valence-corrected chi connectivity index (χ1v) is 18.4. The number of benzene rings is 2. The van der Waals surface area contributed by atoms with Gasteiger partial charge in [0.05, 0.1) is 35.1 Å². The standard InChI is InChI=1S/C39H40Cl2N8O5/c1-39(2,3)54-38(52)46-25-20-48(21-25)35-36(53-4)47-30(19-44-35)29-10-6-9-28(34(29)41)27-8-5-7-26(33(27)40)22-13-14-49-31(15-22)43-17-23(37(49)51)16-42-18-24-11-12-32(50)45-24/h5-10,13-15,17,19,24-25,42H,11-12,16,18,20-21H2,1-4H3,(H,45,50)(H,46,52)/t24-/m0/s1. The third kappa shape index (κ3) is 7.84. The van der Waals surface area contributed by atoms with Gasteiger partial charge in [0.15, 0.2) is 5.82 Å². The Labute approximate surface area is 322 Å². The fourth-order valence-corrected chi connectivity index (χ4v) is 7.24. The molecule has 3 aromatic heterocycles. The molecule has 54 heavy (non-hydrogen) atoms. The molecule has 2 saturated heterocycles. The van der Waals surface area contributed by atoms with E-state index in [1.807, 2.05) is 74.2 Å². The summed E-state index contributed by atoms with van der Waals surface area (Å²) in [4.78, 5) is 52.9. The summed E-state index contributed by atoms with van der Waals surface area (Å²) in [7, 11) is 1.53. The quantitative estimate of drug-likeness (QED) is 0.157. The normalized spacial score (nSPS) is 15.9. The van der Waals surface area contributed by atoms with Crippen molar-refractivity contribution in [1.29, 1.82) is 0 Å². The van der Waals surface area contributed by atoms with Crippen molar-refractivity contribution in [3.63, 3.8) is 0 Å². The van der Waals surface area contributed by atoms with Gasteiger partial charge < -0.3 is 30.3 Å². The van der Waals surface area contributed by atoms with Gasteiger partial charge in [0, 0.05) is 78.9 Å². The lowest BCUT2D eigenvalue weighted by Gasteiger charge is -2.40. The van der Waals surface area contributed by atoms with Crippen molar-refractivity contribution in [3.05, 3.63) is 93.1 Å². The molecule has 0 saturated carbocycles. The molecule has 5 heterocycles. The molecule has 7 rings (SSSR count). The van der Waals surface area contributed by atoms with Gasteiger partial charge in [-0.05, 0) is 44.9 Å². The van der Waals surface area contributed by atoms with Crippen molar-refractivity contribution in [1.82, 2.24) is 35.3 Å². The van der Waals surface area contributed by atoms with E-state index in [4.69, 9.17) is 37.7 Å². The van der Waals surface area contributed by atoms with Crippen molar-refractivity contribution >= 4 is 46.7 Å². The topological polar surface area (TPSA) is 152 Å². The minimum Gasteiger partial charge on any atom is -0.478 e. The maximum Gasteiger partial charge on any atom is 0.407 e. The SMILES string of the molecule is COc1nc(-c2cccc(-c3cccc(-c4ccn5c(=O)c(CNC[C@@H]6CCC(=O)N6)cnc5c4)c3Cl)c2Cl)cnc1N1CC(NC(=O)OC(C)(C)C)C1. The number of methoxy groups -OCH3 is 1. The smallest absolute Gasteiger partial charge is 0.407 e. The van der Waals surface area contributed by atoms with E-state index in [-0.39, 0.29) is 23.6 Å². The number of halogens is 2. The molecule has 3 N–H and O–H groups in total. The highest BCUT2D eigenvalue weighted by atomic mass is 35.5. The average Bonchev–Trinajstić information content (AvgIpc) is 3.54. The Morgan fingerprint density at radius 2 is 1.69 bits per heavy atom. The Balaban J connectivity index is 1.09. The highest BCUT2D eigenvalue weighted by molar-refractivity contribution is 6.39. The monoisotopic (exact) mass is 770 g/mol. The summed E-state index contributed by atoms with van der Waals surface area (Å²) < 4.78 is 12.5. The zero-order valence-corrected chi connectivity index (χ0v) is 31.8. The number of alkyl carbamates (subject to hydrolysis) is 1. The number of pyridine rings is 1. The number of amides is 2. The Hall–Kier alpha value is -5.24. The summed E-state index contributed by atoms with van der Waals surface area (Å²) in [6.45, 7) is 7.45. The summed E-state index contributed by atoms with van der Waals surface area (Å²) in [6, 6.07) is 15.0. The first-order chi connectivity index (χ1) is 25.9. The molecule has 2 fully saturated rings. The Bertz CT molecular complexity index is 2300. The molecule has 280 valence electrons. The zero-order valence-electron chi connectivity index (χ0n) is 30.3. The van der Waals surface area contributed by atoms with Gasteiger partial charge in [-0.1, -0.05) is 59.6 Å². The molecule has 1 atom stereocenters. The summed E-state index contributed by atoms with van der Waals surface area (Å²) >= 11 is 14.2. The lowest BCUT2D eigenvalue weighted by molar-refractivity contribution is -0.119. The first kappa shape index (κ1) is 37.1. The largest absolute Gasteiger partial charge is 0.478 e. The average molecular weight is 772 g/mol. The maximum absolute atomic E-state index is 13.3. The van der Waals surface area contributed by atoms with Gasteiger partial charge in [0.25, 0.3) is 11.4 Å². The van der Waals surface area contributed by atoms with Crippen molar-refractivity contribution in [2.24, 2.45) is 0 Å². The van der Waals surface area contributed by atoms with Crippen LogP contribution in [-0.4, -0.2) is 75.8 Å². The molecule has 2 aliphatic heterocycles. The van der Waals surface area contributed by atoms with Crippen LogP contribution < -0.4 is 31.1 Å². The van der Waals surface area contributed by atoms with Gasteiger partial charge in [-0.15, -0.1) is 0 Å². The highest BCUT2D eigenvalue weighted by Crippen LogP contribution is 2.42. The lowest BCUT2D eigenvalue weighted by Crippen LogP contribution is -2.60. The second kappa shape index (κ2) is 15.2. The molecular weight excluding hydrogens is 731 g/mol. The fraction of sp³-hybridized carbons (Fsp3) is 0.333. The third-order valence-electron chi connectivity index (χ3n) is 9.26. The van der Waals surface area contributed by atoms with E-state index in [1.165, 1.54) is 11.5 Å². The molecule has 2 amide bonds. The summed E-state index contributed by atoms with van der Waals surface area (Å²) in [5, 5.41) is 9.97. The molecule has 5 aromatic rings. The number of fused-ring (bicyclic) bond motifs is 1. The van der Waals surface area contributed by atoms with Gasteiger partial charge in [-0.2, -0.15) is 0 Å². The molecule has 0 spiro atoms. The molecular formula is C39H40Cl2N8O5. The number of aromatic nitrogens is 4. The summed E-state index contributed by atoms with van der Waals surface area (Å²) in [5.74, 6) is 0.943. The van der Waals surface area contributed by atoms with Crippen molar-refractivity contribution in [3.8, 4) is 39.4 Å². The van der Waals surface area contributed by atoms with Crippen LogP contribution in [0.5, 0.6) is 5.88 Å². The molecule has 0 unspecified atom stereocenters. The minimum atomic E-state index is -0.578. The van der Waals surface area contributed by atoms with Gasteiger partial charge >= 0.3 is 6.09 Å². The van der Waals surface area contributed by atoms with E-state index in [0.29, 0.717) is 87.9 Å². The van der Waals surface area contributed by atoms with Crippen molar-refractivity contribution < 1.29 is 19.1 Å². The Morgan fingerprint density at radius 1 is 0.981 bits per heavy atom. The van der Waals surface area contributed by atoms with Crippen LogP contribution in [0.4, 0.5) is 10.6 Å². The predicted molar refractivity (Wildman–Crippen MR) is 208 cm³/mol. The van der Waals surface area contributed by atoms with Crippen LogP contribution in [0.15, 0.2) is 71.9 Å². The fourth-order valence-electron chi connectivity index (χ4n) is 6.58. The van der Waals surface area contributed by atoms with Gasteiger partial charge in [-0.25, -0.2) is 19.7 Å². The third-order valence-corrected chi connectivity index (χ3v) is 10.1. The molecule has 13 nitrogen and oxygen atoms in total. The van der Waals surface area contributed by atoms with Crippen LogP contribution in [0.1, 0.15) is 39.2 Å². The number of ether oxygens (including phenoxy) is 2. The number of rotatable bonds is 10. The number of hydrogen-bond donors (Lipinski definition) is 3. The van der Waals surface area contributed by atoms with E-state index < -0.39 is 11.7 Å². The Morgan fingerprint density at radius 3 is 2.37 bits per heavy atom. The number of nitrogens with one attached hydrogen (secondary N) is 3. The van der Waals surface area contributed by atoms with Gasteiger partial charge in [0.2, 0.25) is 5.91 Å². The van der Waals surface area contributed by atoms with Crippen LogP contribution in [0.25, 0.3) is 39.2 Å². The van der Waals surface area contributed by atoms with Crippen LogP contribution in [0, 0.1) is 0 Å². The lowest BCUT2D eigenvalue weighted by atomic mass is 9.97. The van der Waals surface area contributed by atoms with E-state index in [0.717, 1.165) is 17.5 Å². The second-order valence-electron chi connectivity index (χ2n) is 14.3. The summed E-state index contributed by atoms with van der Waals surface area (Å²) in [6.07, 6.45) is 5.78. The maximum atomic E-state index is 13.3. The number of nitrogens with zero attached hydrogens (tertiary/aromatic N) is 5. The Kier molecular flexibility index (Phi) is 10.5. The molecule has 15 heteroatoms. The zero-order chi connectivity index (χ0) is 38.1. The van der Waals surface area contributed by atoms with E-state index in [2.05, 4.69) is 25.9 Å². The van der Waals surface area contributed by atoms with Crippen molar-refractivity contribution in [2.75, 3.05) is 31.6 Å². The molecule has 2 aromatic carbocycles. The highest BCUT2D eigenvalue weighted by Gasteiger charge is 2.33. The van der Waals surface area contributed by atoms with Crippen LogP contribution >= 0.6 is 23.2 Å². The second-order valence-corrected chi connectivity index (χ2v) is 15.1. The molecule has 0 radical (unpaired) electrons. The van der Waals surface area contributed by atoms with Crippen LogP contribution in [-0.2, 0) is 16.1 Å². The van der Waals surface area contributed by atoms with Crippen LogP contribution in [0.2, 0.25) is 10.0 Å². The van der Waals surface area contributed by atoms with Gasteiger partial charge in [0.1, 0.15) is 11.2 Å².